The van der Waals surface area contributed by atoms with Gasteiger partial charge in [-0.3, -0.25) is 4.79 Å². The van der Waals surface area contributed by atoms with E-state index in [2.05, 4.69) is 15.5 Å². The van der Waals surface area contributed by atoms with Gasteiger partial charge >= 0.3 is 0 Å². The highest BCUT2D eigenvalue weighted by Crippen LogP contribution is 2.29. The fourth-order valence-electron chi connectivity index (χ4n) is 3.10. The van der Waals surface area contributed by atoms with Gasteiger partial charge in [-0.15, -0.1) is 10.2 Å². The first kappa shape index (κ1) is 18.3. The number of carbonyl (C=O) groups excluding carboxylic acids is 1. The molecule has 0 bridgehead atoms. The molecule has 0 aliphatic carbocycles. The van der Waals surface area contributed by atoms with E-state index in [1.54, 1.807) is 0 Å². The van der Waals surface area contributed by atoms with Crippen LogP contribution in [0.4, 0.5) is 0 Å². The highest BCUT2D eigenvalue weighted by atomic mass is 35.5. The lowest BCUT2D eigenvalue weighted by atomic mass is 10.2. The molecule has 28 heavy (non-hydrogen) atoms. The second kappa shape index (κ2) is 7.86. The van der Waals surface area contributed by atoms with Crippen LogP contribution >= 0.6 is 11.6 Å². The van der Waals surface area contributed by atoms with E-state index in [4.69, 9.17) is 16.0 Å². The van der Waals surface area contributed by atoms with Crippen LogP contribution in [0, 0.1) is 0 Å². The number of hydrogen-bond acceptors (Lipinski definition) is 4. The number of halogens is 1. The van der Waals surface area contributed by atoms with Crippen molar-refractivity contribution in [1.29, 1.82) is 0 Å². The zero-order valence-electron chi connectivity index (χ0n) is 15.4. The van der Waals surface area contributed by atoms with Crippen molar-refractivity contribution >= 4 is 28.4 Å². The van der Waals surface area contributed by atoms with Crippen molar-refractivity contribution < 1.29 is 9.21 Å². The van der Waals surface area contributed by atoms with Crippen LogP contribution in [0.5, 0.6) is 0 Å². The van der Waals surface area contributed by atoms with E-state index in [-0.39, 0.29) is 12.5 Å². The first-order valence-corrected chi connectivity index (χ1v) is 9.44. The molecule has 0 aliphatic rings. The number of carbonyl (C=O) groups is 1. The Hall–Kier alpha value is -3.12. The van der Waals surface area contributed by atoms with Crippen molar-refractivity contribution in [2.75, 3.05) is 0 Å². The van der Waals surface area contributed by atoms with Crippen molar-refractivity contribution in [3.8, 4) is 11.5 Å². The molecule has 4 aromatic rings. The number of fused-ring (bicyclic) bond motifs is 1. The molecular weight excluding hydrogens is 376 g/mol. The number of para-hydroxylation sites is 1. The predicted octanol–water partition coefficient (Wildman–Crippen LogP) is 4.22. The standard InChI is InChI=1S/C21H19ClN4O2/c1-2-20-24-25-21(28-20)16-12-26(18-10-6-4-8-15(16)18)13-19(27)23-11-14-7-3-5-9-17(14)22/h3-10,12H,2,11,13H2,1H3,(H,23,27). The number of nitrogens with one attached hydrogen (secondary N) is 1. The normalized spacial score (nSPS) is 11.1. The topological polar surface area (TPSA) is 73.0 Å². The van der Waals surface area contributed by atoms with E-state index in [0.717, 1.165) is 22.0 Å². The van der Waals surface area contributed by atoms with Crippen LogP contribution in [0.2, 0.25) is 5.02 Å². The Labute approximate surface area is 167 Å². The Kier molecular flexibility index (Phi) is 5.12. The maximum Gasteiger partial charge on any atom is 0.249 e. The van der Waals surface area contributed by atoms with Crippen molar-refractivity contribution in [2.45, 2.75) is 26.4 Å². The van der Waals surface area contributed by atoms with Crippen LogP contribution in [0.3, 0.4) is 0 Å². The number of hydrogen-bond donors (Lipinski definition) is 1. The molecule has 7 heteroatoms. The third kappa shape index (κ3) is 3.64. The van der Waals surface area contributed by atoms with E-state index in [1.807, 2.05) is 66.2 Å². The summed E-state index contributed by atoms with van der Waals surface area (Å²) in [6.45, 7) is 2.53. The van der Waals surface area contributed by atoms with E-state index in [1.165, 1.54) is 0 Å². The number of rotatable bonds is 6. The number of aryl methyl sites for hydroxylation is 1. The molecule has 0 fully saturated rings. The summed E-state index contributed by atoms with van der Waals surface area (Å²) >= 11 is 6.15. The summed E-state index contributed by atoms with van der Waals surface area (Å²) in [6, 6.07) is 15.3. The third-order valence-corrected chi connectivity index (χ3v) is 4.90. The summed E-state index contributed by atoms with van der Waals surface area (Å²) in [6.07, 6.45) is 2.56. The Balaban J connectivity index is 1.57. The summed E-state index contributed by atoms with van der Waals surface area (Å²) in [5.74, 6) is 0.944. The summed E-state index contributed by atoms with van der Waals surface area (Å²) in [4.78, 5) is 12.5. The van der Waals surface area contributed by atoms with Crippen LogP contribution in [0.25, 0.3) is 22.4 Å². The molecule has 0 saturated heterocycles. The van der Waals surface area contributed by atoms with Crippen molar-refractivity contribution in [2.24, 2.45) is 0 Å². The van der Waals surface area contributed by atoms with E-state index < -0.39 is 0 Å². The van der Waals surface area contributed by atoms with Gasteiger partial charge in [0.1, 0.15) is 6.54 Å². The van der Waals surface area contributed by atoms with Crippen molar-refractivity contribution in [3.63, 3.8) is 0 Å². The summed E-state index contributed by atoms with van der Waals surface area (Å²) in [5, 5.41) is 12.7. The van der Waals surface area contributed by atoms with Gasteiger partial charge < -0.3 is 14.3 Å². The molecule has 2 aromatic heterocycles. The summed E-state index contributed by atoms with van der Waals surface area (Å²) in [7, 11) is 0. The van der Waals surface area contributed by atoms with Crippen molar-refractivity contribution in [1.82, 2.24) is 20.1 Å². The average Bonchev–Trinajstić information content (AvgIpc) is 3.32. The molecule has 0 spiro atoms. The predicted molar refractivity (Wildman–Crippen MR) is 108 cm³/mol. The fourth-order valence-corrected chi connectivity index (χ4v) is 3.30. The minimum absolute atomic E-state index is 0.105. The Bertz CT molecular complexity index is 1130. The van der Waals surface area contributed by atoms with E-state index >= 15 is 0 Å². The smallest absolute Gasteiger partial charge is 0.249 e. The zero-order valence-corrected chi connectivity index (χ0v) is 16.1. The Morgan fingerprint density at radius 2 is 1.93 bits per heavy atom. The molecule has 6 nitrogen and oxygen atoms in total. The Morgan fingerprint density at radius 1 is 1.14 bits per heavy atom. The van der Waals surface area contributed by atoms with Gasteiger partial charge in [0.15, 0.2) is 0 Å². The summed E-state index contributed by atoms with van der Waals surface area (Å²) in [5.41, 5.74) is 2.64. The van der Waals surface area contributed by atoms with Crippen LogP contribution in [-0.2, 0) is 24.3 Å². The lowest BCUT2D eigenvalue weighted by Gasteiger charge is -2.08. The molecule has 0 radical (unpaired) electrons. The molecule has 1 N–H and O–H groups in total. The lowest BCUT2D eigenvalue weighted by Crippen LogP contribution is -2.26. The second-order valence-corrected chi connectivity index (χ2v) is 6.82. The van der Waals surface area contributed by atoms with Gasteiger partial charge in [0.2, 0.25) is 17.7 Å². The first-order chi connectivity index (χ1) is 13.7. The monoisotopic (exact) mass is 394 g/mol. The largest absolute Gasteiger partial charge is 0.421 e. The molecular formula is C21H19ClN4O2. The second-order valence-electron chi connectivity index (χ2n) is 6.41. The Morgan fingerprint density at radius 3 is 2.71 bits per heavy atom. The van der Waals surface area contributed by atoms with Gasteiger partial charge in [0.25, 0.3) is 0 Å². The van der Waals surface area contributed by atoms with Gasteiger partial charge in [-0.05, 0) is 17.7 Å². The van der Waals surface area contributed by atoms with E-state index in [0.29, 0.717) is 29.8 Å². The van der Waals surface area contributed by atoms with Crippen LogP contribution in [-0.4, -0.2) is 20.7 Å². The number of aromatic nitrogens is 3. The van der Waals surface area contributed by atoms with Gasteiger partial charge in [-0.25, -0.2) is 0 Å². The molecule has 2 aromatic carbocycles. The van der Waals surface area contributed by atoms with Crippen LogP contribution in [0.15, 0.2) is 59.1 Å². The lowest BCUT2D eigenvalue weighted by molar-refractivity contribution is -0.121. The molecule has 142 valence electrons. The minimum Gasteiger partial charge on any atom is -0.421 e. The average molecular weight is 395 g/mol. The van der Waals surface area contributed by atoms with Gasteiger partial charge in [-0.1, -0.05) is 54.9 Å². The van der Waals surface area contributed by atoms with Crippen LogP contribution in [0.1, 0.15) is 18.4 Å². The van der Waals surface area contributed by atoms with Gasteiger partial charge in [0.05, 0.1) is 5.56 Å². The quantitative estimate of drug-likeness (QED) is 0.531. The maximum absolute atomic E-state index is 12.5. The maximum atomic E-state index is 12.5. The zero-order chi connectivity index (χ0) is 19.5. The molecule has 0 atom stereocenters. The van der Waals surface area contributed by atoms with Gasteiger partial charge in [0, 0.05) is 35.1 Å². The number of amides is 1. The highest BCUT2D eigenvalue weighted by molar-refractivity contribution is 6.31. The molecule has 0 aliphatic heterocycles. The molecule has 0 saturated carbocycles. The van der Waals surface area contributed by atoms with Crippen molar-refractivity contribution in [3.05, 3.63) is 71.2 Å². The fraction of sp³-hybridized carbons (Fsp3) is 0.190. The number of nitrogens with zero attached hydrogens (tertiary/aromatic N) is 3. The minimum atomic E-state index is -0.105. The number of benzene rings is 2. The summed E-state index contributed by atoms with van der Waals surface area (Å²) < 4.78 is 7.60. The van der Waals surface area contributed by atoms with E-state index in [9.17, 15) is 4.79 Å². The highest BCUT2D eigenvalue weighted by Gasteiger charge is 2.16. The molecule has 0 unspecified atom stereocenters. The molecule has 4 rings (SSSR count). The first-order valence-electron chi connectivity index (χ1n) is 9.06. The third-order valence-electron chi connectivity index (χ3n) is 4.54. The molecule has 2 heterocycles. The SMILES string of the molecule is CCc1nnc(-c2cn(CC(=O)NCc3ccccc3Cl)c3ccccc23)o1. The van der Waals surface area contributed by atoms with Crippen LogP contribution < -0.4 is 5.32 Å². The molecule has 1 amide bonds. The van der Waals surface area contributed by atoms with Gasteiger partial charge in [-0.2, -0.15) is 0 Å².